The van der Waals surface area contributed by atoms with Crippen molar-refractivity contribution in [3.8, 4) is 0 Å². The van der Waals surface area contributed by atoms with Crippen LogP contribution in [0.25, 0.3) is 0 Å². The Labute approximate surface area is 138 Å². The largest absolute Gasteiger partial charge is 0.392 e. The minimum Gasteiger partial charge on any atom is -0.392 e. The number of hydrogen-bond acceptors (Lipinski definition) is 3. The molecule has 1 atom stereocenters. The Kier molecular flexibility index (Phi) is 6.33. The molecule has 4 nitrogen and oxygen atoms in total. The second-order valence-electron chi connectivity index (χ2n) is 5.71. The number of aliphatic hydroxyl groups excluding tert-OH is 1. The lowest BCUT2D eigenvalue weighted by Crippen LogP contribution is -2.30. The molecular formula is C18H23NO3S. The predicted octanol–water partition coefficient (Wildman–Crippen LogP) is 2.44. The van der Waals surface area contributed by atoms with Gasteiger partial charge in [0.25, 0.3) is 0 Å². The quantitative estimate of drug-likeness (QED) is 0.780. The van der Waals surface area contributed by atoms with Crippen molar-refractivity contribution in [2.75, 3.05) is 12.3 Å². The molecule has 2 N–H and O–H groups in total. The zero-order valence-electron chi connectivity index (χ0n) is 13.3. The van der Waals surface area contributed by atoms with Crippen LogP contribution in [0.4, 0.5) is 0 Å². The second-order valence-corrected chi connectivity index (χ2v) is 7.56. The lowest BCUT2D eigenvalue weighted by Gasteiger charge is -2.13. The molecule has 0 fully saturated rings. The first-order valence-corrected chi connectivity index (χ1v) is 9.36. The number of sulfonamides is 1. The summed E-state index contributed by atoms with van der Waals surface area (Å²) in [7, 11) is -3.30. The average molecular weight is 333 g/mol. The second kappa shape index (κ2) is 8.24. The summed E-state index contributed by atoms with van der Waals surface area (Å²) in [6.07, 6.45) is 0.630. The molecule has 0 aromatic heterocycles. The van der Waals surface area contributed by atoms with E-state index < -0.39 is 10.0 Å². The Morgan fingerprint density at radius 2 is 1.61 bits per heavy atom. The fourth-order valence-electron chi connectivity index (χ4n) is 2.43. The zero-order valence-corrected chi connectivity index (χ0v) is 14.1. The summed E-state index contributed by atoms with van der Waals surface area (Å²) in [5.74, 6) is 0.0398. The molecule has 0 aliphatic carbocycles. The van der Waals surface area contributed by atoms with Gasteiger partial charge in [0.1, 0.15) is 0 Å². The Morgan fingerprint density at radius 3 is 2.22 bits per heavy atom. The van der Waals surface area contributed by atoms with Gasteiger partial charge in [0.2, 0.25) is 10.0 Å². The summed E-state index contributed by atoms with van der Waals surface area (Å²) in [6, 6.07) is 17.2. The Balaban J connectivity index is 1.83. The summed E-state index contributed by atoms with van der Waals surface area (Å²) in [5.41, 5.74) is 2.92. The van der Waals surface area contributed by atoms with Crippen molar-refractivity contribution in [3.05, 3.63) is 71.3 Å². The number of hydrogen-bond donors (Lipinski definition) is 2. The van der Waals surface area contributed by atoms with E-state index in [4.69, 9.17) is 5.11 Å². The van der Waals surface area contributed by atoms with Gasteiger partial charge in [-0.05, 0) is 29.0 Å². The first kappa shape index (κ1) is 17.7. The number of rotatable bonds is 8. The SMILES string of the molecule is CC(CS(=O)(=O)NCCc1ccc(CO)cc1)c1ccccc1. The molecular weight excluding hydrogens is 310 g/mol. The molecule has 1 unspecified atom stereocenters. The number of nitrogens with one attached hydrogen (secondary N) is 1. The standard InChI is InChI=1S/C18H23NO3S/c1-15(18-5-3-2-4-6-18)14-23(21,22)19-12-11-16-7-9-17(13-20)10-8-16/h2-10,15,19-20H,11-14H2,1H3. The van der Waals surface area contributed by atoms with Crippen LogP contribution in [0.5, 0.6) is 0 Å². The highest BCUT2D eigenvalue weighted by Gasteiger charge is 2.16. The molecule has 0 spiro atoms. The molecule has 124 valence electrons. The van der Waals surface area contributed by atoms with Gasteiger partial charge in [0, 0.05) is 6.54 Å². The minimum atomic E-state index is -3.30. The van der Waals surface area contributed by atoms with Crippen LogP contribution in [0.1, 0.15) is 29.5 Å². The van der Waals surface area contributed by atoms with Gasteiger partial charge in [0.15, 0.2) is 0 Å². The van der Waals surface area contributed by atoms with Crippen LogP contribution in [0.3, 0.4) is 0 Å². The molecule has 2 rings (SSSR count). The van der Waals surface area contributed by atoms with Crippen molar-refractivity contribution in [1.82, 2.24) is 4.72 Å². The summed E-state index contributed by atoms with van der Waals surface area (Å²) >= 11 is 0. The molecule has 0 heterocycles. The van der Waals surface area contributed by atoms with Crippen LogP contribution in [-0.2, 0) is 23.1 Å². The van der Waals surface area contributed by atoms with Gasteiger partial charge in [-0.1, -0.05) is 61.5 Å². The third-order valence-corrected chi connectivity index (χ3v) is 5.36. The maximum atomic E-state index is 12.2. The Morgan fingerprint density at radius 1 is 1.00 bits per heavy atom. The van der Waals surface area contributed by atoms with Gasteiger partial charge in [0.05, 0.1) is 12.4 Å². The topological polar surface area (TPSA) is 66.4 Å². The Bertz CT molecular complexity index is 697. The maximum Gasteiger partial charge on any atom is 0.212 e. The van der Waals surface area contributed by atoms with Crippen molar-refractivity contribution >= 4 is 10.0 Å². The van der Waals surface area contributed by atoms with Crippen molar-refractivity contribution < 1.29 is 13.5 Å². The lowest BCUT2D eigenvalue weighted by molar-refractivity contribution is 0.282. The summed E-state index contributed by atoms with van der Waals surface area (Å²) in [4.78, 5) is 0. The van der Waals surface area contributed by atoms with E-state index in [1.54, 1.807) is 0 Å². The van der Waals surface area contributed by atoms with Gasteiger partial charge in [-0.3, -0.25) is 0 Å². The van der Waals surface area contributed by atoms with Crippen LogP contribution in [0.2, 0.25) is 0 Å². The highest BCUT2D eigenvalue weighted by molar-refractivity contribution is 7.89. The molecule has 0 bridgehead atoms. The normalized spacial score (nSPS) is 13.0. The Hall–Kier alpha value is -1.69. The third-order valence-electron chi connectivity index (χ3n) is 3.78. The van der Waals surface area contributed by atoms with Crippen LogP contribution < -0.4 is 4.72 Å². The molecule has 2 aromatic rings. The smallest absolute Gasteiger partial charge is 0.212 e. The van der Waals surface area contributed by atoms with Gasteiger partial charge in [-0.2, -0.15) is 0 Å². The predicted molar refractivity (Wildman–Crippen MR) is 92.7 cm³/mol. The fraction of sp³-hybridized carbons (Fsp3) is 0.333. The van der Waals surface area contributed by atoms with E-state index in [1.165, 1.54) is 0 Å². The van der Waals surface area contributed by atoms with E-state index in [-0.39, 0.29) is 18.3 Å². The van der Waals surface area contributed by atoms with E-state index in [9.17, 15) is 8.42 Å². The maximum absolute atomic E-state index is 12.2. The van der Waals surface area contributed by atoms with E-state index in [2.05, 4.69) is 4.72 Å². The summed E-state index contributed by atoms with van der Waals surface area (Å²) < 4.78 is 27.0. The zero-order chi connectivity index (χ0) is 16.7. The lowest BCUT2D eigenvalue weighted by atomic mass is 10.0. The molecule has 0 aliphatic rings. The molecule has 0 saturated heterocycles. The number of aliphatic hydroxyl groups is 1. The third kappa shape index (κ3) is 5.78. The molecule has 23 heavy (non-hydrogen) atoms. The molecule has 5 heteroatoms. The van der Waals surface area contributed by atoms with Crippen molar-refractivity contribution in [3.63, 3.8) is 0 Å². The first-order valence-electron chi connectivity index (χ1n) is 7.71. The average Bonchev–Trinajstić information content (AvgIpc) is 2.55. The first-order chi connectivity index (χ1) is 11.0. The van der Waals surface area contributed by atoms with Crippen molar-refractivity contribution in [2.24, 2.45) is 0 Å². The van der Waals surface area contributed by atoms with Crippen molar-refractivity contribution in [2.45, 2.75) is 25.9 Å². The van der Waals surface area contributed by atoms with Gasteiger partial charge >= 0.3 is 0 Å². The molecule has 0 radical (unpaired) electrons. The van der Waals surface area contributed by atoms with Crippen LogP contribution >= 0.6 is 0 Å². The van der Waals surface area contributed by atoms with Crippen LogP contribution in [-0.4, -0.2) is 25.8 Å². The van der Waals surface area contributed by atoms with Gasteiger partial charge < -0.3 is 5.11 Å². The minimum absolute atomic E-state index is 0.0181. The van der Waals surface area contributed by atoms with Crippen molar-refractivity contribution in [1.29, 1.82) is 0 Å². The van der Waals surface area contributed by atoms with Crippen LogP contribution in [0, 0.1) is 0 Å². The van der Waals surface area contributed by atoms with E-state index >= 15 is 0 Å². The van der Waals surface area contributed by atoms with Crippen LogP contribution in [0.15, 0.2) is 54.6 Å². The van der Waals surface area contributed by atoms with E-state index in [0.29, 0.717) is 13.0 Å². The van der Waals surface area contributed by atoms with E-state index in [1.807, 2.05) is 61.5 Å². The number of benzene rings is 2. The highest BCUT2D eigenvalue weighted by atomic mass is 32.2. The molecule has 0 amide bonds. The molecule has 2 aromatic carbocycles. The fourth-order valence-corrected chi connectivity index (χ4v) is 3.81. The molecule has 0 saturated carbocycles. The van der Waals surface area contributed by atoms with Gasteiger partial charge in [-0.15, -0.1) is 0 Å². The van der Waals surface area contributed by atoms with Gasteiger partial charge in [-0.25, -0.2) is 13.1 Å². The molecule has 0 aliphatic heterocycles. The highest BCUT2D eigenvalue weighted by Crippen LogP contribution is 2.16. The summed E-state index contributed by atoms with van der Waals surface area (Å²) in [5, 5.41) is 9.00. The van der Waals surface area contributed by atoms with E-state index in [0.717, 1.165) is 16.7 Å². The summed E-state index contributed by atoms with van der Waals surface area (Å²) in [6.45, 7) is 2.31. The monoisotopic (exact) mass is 333 g/mol.